The zero-order valence-corrected chi connectivity index (χ0v) is 20.0. The quantitative estimate of drug-likeness (QED) is 0.301. The van der Waals surface area contributed by atoms with Gasteiger partial charge < -0.3 is 0 Å². The molecule has 0 radical (unpaired) electrons. The molecule has 0 atom stereocenters. The molecular weight excluding hydrogens is 489 g/mol. The van der Waals surface area contributed by atoms with Crippen LogP contribution in [-0.4, -0.2) is 32.1 Å². The molecule has 0 spiro atoms. The van der Waals surface area contributed by atoms with Gasteiger partial charge in [-0.1, -0.05) is 0 Å². The van der Waals surface area contributed by atoms with Crippen LogP contribution in [0.1, 0.15) is 40.0 Å². The van der Waals surface area contributed by atoms with Gasteiger partial charge in [0.25, 0.3) is 0 Å². The third-order valence-corrected chi connectivity index (χ3v) is 29.3. The molecule has 0 aliphatic rings. The van der Waals surface area contributed by atoms with Gasteiger partial charge in [-0.15, -0.1) is 0 Å². The van der Waals surface area contributed by atoms with Gasteiger partial charge in [0.15, 0.2) is 0 Å². The van der Waals surface area contributed by atoms with E-state index in [0.717, 1.165) is 19.3 Å². The van der Waals surface area contributed by atoms with Gasteiger partial charge in [-0.25, -0.2) is 0 Å². The van der Waals surface area contributed by atoms with Crippen LogP contribution in [0.25, 0.3) is 0 Å². The predicted molar refractivity (Wildman–Crippen MR) is 83.1 cm³/mol. The second-order valence-corrected chi connectivity index (χ2v) is 22.0. The first kappa shape index (κ1) is 21.2. The summed E-state index contributed by atoms with van der Waals surface area (Å²) in [6, 6.07) is 0. The summed E-state index contributed by atoms with van der Waals surface area (Å²) < 4.78 is 48.3. The topological polar surface area (TPSA) is 99.3 Å². The standard InChI is InChI=1S/C7H16N.3CH4NOSi.Ta/c1-4-7(8,5-2)6-3;3*1-4(2)3;/h8H,4-6H2,1-3H3;3*2H,1H3;/q4*-1;+4. The molecule has 0 heterocycles. The molecule has 4 N–H and O–H groups in total. The molecule has 21 heavy (non-hydrogen) atoms. The maximum absolute atomic E-state index is 11.8. The van der Waals surface area contributed by atoms with Gasteiger partial charge in [0, 0.05) is 0 Å². The normalized spacial score (nSPS) is 11.7. The average Bonchev–Trinajstić information content (AvgIpc) is 2.33. The Hall–Kier alpha value is 0.151. The minimum atomic E-state index is -3.94. The van der Waals surface area contributed by atoms with Gasteiger partial charge in [0.2, 0.25) is 0 Å². The van der Waals surface area contributed by atoms with Crippen LogP contribution in [0.4, 0.5) is 0 Å². The van der Waals surface area contributed by atoms with Crippen molar-refractivity contribution in [2.24, 2.45) is 0 Å². The molecule has 7 nitrogen and oxygen atoms in total. The molecule has 0 fully saturated rings. The van der Waals surface area contributed by atoms with E-state index in [1.54, 1.807) is 19.6 Å². The molecule has 0 unspecified atom stereocenters. The first-order valence-electron chi connectivity index (χ1n) is 7.19. The molecular formula is C10H28N4O3Si3Ta. The van der Waals surface area contributed by atoms with E-state index in [-0.39, 0.29) is 5.54 Å². The summed E-state index contributed by atoms with van der Waals surface area (Å²) in [5.41, 5.74) is -0.141. The van der Waals surface area contributed by atoms with Crippen LogP contribution in [0.2, 0.25) is 19.6 Å². The van der Waals surface area contributed by atoms with Crippen molar-refractivity contribution in [2.75, 3.05) is 0 Å². The summed E-state index contributed by atoms with van der Waals surface area (Å²) in [4.78, 5) is 0. The van der Waals surface area contributed by atoms with E-state index in [0.29, 0.717) is 0 Å². The predicted octanol–water partition coefficient (Wildman–Crippen LogP) is 0.773. The summed E-state index contributed by atoms with van der Waals surface area (Å²) in [6.45, 7) is 11.1. The number of rotatable bonds is 11. The van der Waals surface area contributed by atoms with Crippen molar-refractivity contribution in [3.63, 3.8) is 0 Å². The van der Waals surface area contributed by atoms with Crippen molar-refractivity contribution >= 4 is 26.5 Å². The Kier molecular flexibility index (Phi) is 9.39. The van der Waals surface area contributed by atoms with Crippen molar-refractivity contribution < 1.29 is 31.6 Å². The molecule has 11 heteroatoms. The van der Waals surface area contributed by atoms with Gasteiger partial charge in [0.05, 0.1) is 0 Å². The molecule has 0 aliphatic heterocycles. The van der Waals surface area contributed by atoms with E-state index >= 15 is 0 Å². The van der Waals surface area contributed by atoms with Gasteiger partial charge in [-0.2, -0.15) is 0 Å². The summed E-state index contributed by atoms with van der Waals surface area (Å²) in [7, 11) is -6.04. The van der Waals surface area contributed by atoms with Crippen LogP contribution in [0.15, 0.2) is 0 Å². The maximum atomic E-state index is 11.8. The van der Waals surface area contributed by atoms with Gasteiger partial charge in [-0.05, 0) is 0 Å². The van der Waals surface area contributed by atoms with E-state index < -0.39 is 44.7 Å². The second-order valence-electron chi connectivity index (χ2n) is 5.13. The molecule has 0 rings (SSSR count). The van der Waals surface area contributed by atoms with Crippen LogP contribution in [0, 0.1) is 0 Å². The third kappa shape index (κ3) is 7.30. The van der Waals surface area contributed by atoms with Crippen LogP contribution in [-0.2, 0) is 31.6 Å². The zero-order chi connectivity index (χ0) is 16.7. The van der Waals surface area contributed by atoms with Gasteiger partial charge in [-0.3, -0.25) is 0 Å². The molecule has 0 aromatic rings. The van der Waals surface area contributed by atoms with Crippen LogP contribution in [0.3, 0.4) is 0 Å². The Morgan fingerprint density at radius 2 is 1.05 bits per heavy atom. The Morgan fingerprint density at radius 1 is 0.762 bits per heavy atom. The first-order chi connectivity index (χ1) is 9.64. The number of hydrogen-bond acceptors (Lipinski definition) is 4. The molecule has 0 aromatic carbocycles. The fraction of sp³-hybridized carbons (Fsp3) is 1.00. The Labute approximate surface area is 137 Å². The third-order valence-electron chi connectivity index (χ3n) is 3.41. The van der Waals surface area contributed by atoms with Crippen molar-refractivity contribution in [2.45, 2.75) is 65.2 Å². The van der Waals surface area contributed by atoms with E-state index in [1.165, 1.54) is 0 Å². The minimum absolute atomic E-state index is 0.141. The monoisotopic (exact) mass is 517 g/mol. The number of hydrogen-bond donors (Lipinski definition) is 4. The summed E-state index contributed by atoms with van der Waals surface area (Å²) in [5.74, 6) is 0. The fourth-order valence-electron chi connectivity index (χ4n) is 2.22. The molecule has 0 bridgehead atoms. The summed E-state index contributed by atoms with van der Waals surface area (Å²) in [6.07, 6.45) is 2.68. The van der Waals surface area contributed by atoms with Gasteiger partial charge >= 0.3 is 137 Å². The van der Waals surface area contributed by atoms with Crippen molar-refractivity contribution in [3.05, 3.63) is 0 Å². The Morgan fingerprint density at radius 3 is 1.24 bits per heavy atom. The van der Waals surface area contributed by atoms with Gasteiger partial charge in [0.1, 0.15) is 0 Å². The van der Waals surface area contributed by atoms with E-state index in [4.69, 9.17) is 0 Å². The molecule has 0 aromatic heterocycles. The van der Waals surface area contributed by atoms with Crippen LogP contribution < -0.4 is 13.9 Å². The summed E-state index contributed by atoms with van der Waals surface area (Å²) in [5, 5.41) is 0. The Balaban J connectivity index is 5.65. The van der Waals surface area contributed by atoms with Crippen LogP contribution in [0.5, 0.6) is 0 Å². The van der Waals surface area contributed by atoms with Crippen LogP contribution >= 0.6 is 0 Å². The molecule has 0 amide bonds. The van der Waals surface area contributed by atoms with E-state index in [9.17, 15) is 13.4 Å². The molecule has 123 valence electrons. The van der Waals surface area contributed by atoms with E-state index in [1.807, 2.05) is 0 Å². The molecule has 0 saturated carbocycles. The van der Waals surface area contributed by atoms with Crippen molar-refractivity contribution in [3.8, 4) is 0 Å². The molecule has 0 aliphatic carbocycles. The average molecular weight is 518 g/mol. The van der Waals surface area contributed by atoms with Crippen molar-refractivity contribution in [1.82, 2.24) is 13.9 Å². The Bertz CT molecular complexity index is 358. The number of nitrogens with one attached hydrogen (secondary N) is 4. The van der Waals surface area contributed by atoms with E-state index in [2.05, 4.69) is 34.7 Å². The summed E-state index contributed by atoms with van der Waals surface area (Å²) >= 11 is -3.94. The second kappa shape index (κ2) is 9.33. The SMILES string of the molecule is CCC(CC)(CC)[NH][Ta]([NH][Si](C)=O)([NH][Si](C)=O)[NH][Si](C)=O. The zero-order valence-electron chi connectivity index (χ0n) is 13.8. The fourth-order valence-corrected chi connectivity index (χ4v) is 31.2. The van der Waals surface area contributed by atoms with Crippen molar-refractivity contribution in [1.29, 1.82) is 0 Å². The first-order valence-corrected chi connectivity index (χ1v) is 19.3. The molecule has 0 saturated heterocycles.